The molecule has 0 fully saturated rings. The van der Waals surface area contributed by atoms with Crippen molar-refractivity contribution in [3.63, 3.8) is 0 Å². The molecule has 1 N–H and O–H groups in total. The van der Waals surface area contributed by atoms with Crippen molar-refractivity contribution in [1.82, 2.24) is 9.62 Å². The first-order valence-electron chi connectivity index (χ1n) is 7.63. The molecule has 7 nitrogen and oxygen atoms in total. The van der Waals surface area contributed by atoms with E-state index in [0.717, 1.165) is 4.90 Å². The highest BCUT2D eigenvalue weighted by molar-refractivity contribution is 7.89. The smallest absolute Gasteiger partial charge is 0.263 e. The highest BCUT2D eigenvalue weighted by Crippen LogP contribution is 2.28. The topological polar surface area (TPSA) is 92.8 Å². The maximum absolute atomic E-state index is 12.4. The van der Waals surface area contributed by atoms with Crippen LogP contribution in [0.25, 0.3) is 0 Å². The summed E-state index contributed by atoms with van der Waals surface area (Å²) >= 11 is 5.99. The SMILES string of the molecule is COc1ccc(S(=O)(=O)NCCN2C(=O)c3cccc(Cl)c3C2=O)cc1. The monoisotopic (exact) mass is 394 g/mol. The number of hydrogen-bond acceptors (Lipinski definition) is 5. The summed E-state index contributed by atoms with van der Waals surface area (Å²) < 4.78 is 31.9. The number of benzene rings is 2. The van der Waals surface area contributed by atoms with E-state index in [1.165, 1.54) is 43.5 Å². The molecule has 0 atom stereocenters. The average Bonchev–Trinajstić information content (AvgIpc) is 2.87. The summed E-state index contributed by atoms with van der Waals surface area (Å²) in [6.07, 6.45) is 0. The number of nitrogens with zero attached hydrogens (tertiary/aromatic N) is 1. The standard InChI is InChI=1S/C17H15ClN2O5S/c1-25-11-5-7-12(8-6-11)26(23,24)19-9-10-20-16(21)13-3-2-4-14(18)15(13)17(20)22/h2-8,19H,9-10H2,1H3. The lowest BCUT2D eigenvalue weighted by atomic mass is 10.1. The van der Waals surface area contributed by atoms with E-state index in [-0.39, 0.29) is 34.1 Å². The number of amides is 2. The minimum absolute atomic E-state index is 0.0590. The van der Waals surface area contributed by atoms with E-state index in [1.807, 2.05) is 0 Å². The van der Waals surface area contributed by atoms with Crippen LogP contribution in [0.1, 0.15) is 20.7 Å². The number of halogens is 1. The van der Waals surface area contributed by atoms with E-state index >= 15 is 0 Å². The maximum Gasteiger partial charge on any atom is 0.263 e. The van der Waals surface area contributed by atoms with Gasteiger partial charge in [-0.05, 0) is 36.4 Å². The van der Waals surface area contributed by atoms with E-state index < -0.39 is 21.8 Å². The second-order valence-electron chi connectivity index (χ2n) is 5.50. The lowest BCUT2D eigenvalue weighted by molar-refractivity contribution is 0.0657. The number of carbonyl (C=O) groups is 2. The van der Waals surface area contributed by atoms with Crippen molar-refractivity contribution < 1.29 is 22.7 Å². The van der Waals surface area contributed by atoms with Crippen LogP contribution in [0.3, 0.4) is 0 Å². The molecule has 26 heavy (non-hydrogen) atoms. The van der Waals surface area contributed by atoms with Crippen molar-refractivity contribution in [1.29, 1.82) is 0 Å². The number of nitrogens with one attached hydrogen (secondary N) is 1. The molecule has 0 saturated heterocycles. The minimum Gasteiger partial charge on any atom is -0.497 e. The summed E-state index contributed by atoms with van der Waals surface area (Å²) in [7, 11) is -2.29. The Morgan fingerprint density at radius 1 is 1.08 bits per heavy atom. The quantitative estimate of drug-likeness (QED) is 0.755. The van der Waals surface area contributed by atoms with Crippen LogP contribution >= 0.6 is 11.6 Å². The largest absolute Gasteiger partial charge is 0.497 e. The Bertz CT molecular complexity index is 973. The molecule has 9 heteroatoms. The summed E-state index contributed by atoms with van der Waals surface area (Å²) in [4.78, 5) is 25.7. The first-order valence-corrected chi connectivity index (χ1v) is 9.49. The van der Waals surface area contributed by atoms with Gasteiger partial charge in [0.2, 0.25) is 10.0 Å². The van der Waals surface area contributed by atoms with Gasteiger partial charge in [0.25, 0.3) is 11.8 Å². The molecule has 2 aromatic rings. The number of imide groups is 1. The van der Waals surface area contributed by atoms with Gasteiger partial charge in [-0.2, -0.15) is 0 Å². The van der Waals surface area contributed by atoms with Gasteiger partial charge < -0.3 is 4.74 Å². The third-order valence-electron chi connectivity index (χ3n) is 3.95. The van der Waals surface area contributed by atoms with Crippen LogP contribution in [-0.2, 0) is 10.0 Å². The van der Waals surface area contributed by atoms with Gasteiger partial charge in [-0.3, -0.25) is 14.5 Å². The Kier molecular flexibility index (Phi) is 4.99. The van der Waals surface area contributed by atoms with Gasteiger partial charge in [-0.15, -0.1) is 0 Å². The molecule has 2 aromatic carbocycles. The molecule has 1 heterocycles. The third kappa shape index (κ3) is 3.31. The van der Waals surface area contributed by atoms with Gasteiger partial charge >= 0.3 is 0 Å². The average molecular weight is 395 g/mol. The lowest BCUT2D eigenvalue weighted by Gasteiger charge is -2.14. The van der Waals surface area contributed by atoms with Crippen LogP contribution in [0.15, 0.2) is 47.4 Å². The van der Waals surface area contributed by atoms with Crippen LogP contribution in [0.2, 0.25) is 5.02 Å². The molecule has 0 bridgehead atoms. The number of methoxy groups -OCH3 is 1. The molecule has 0 aromatic heterocycles. The number of sulfonamides is 1. The summed E-state index contributed by atoms with van der Waals surface area (Å²) in [5.74, 6) is -0.484. The van der Waals surface area contributed by atoms with Crippen molar-refractivity contribution in [3.8, 4) is 5.75 Å². The minimum atomic E-state index is -3.77. The fraction of sp³-hybridized carbons (Fsp3) is 0.176. The summed E-state index contributed by atoms with van der Waals surface area (Å²) in [6, 6.07) is 10.5. The molecule has 1 aliphatic rings. The Morgan fingerprint density at radius 2 is 1.77 bits per heavy atom. The number of carbonyl (C=O) groups excluding carboxylic acids is 2. The van der Waals surface area contributed by atoms with E-state index in [2.05, 4.69) is 4.72 Å². The van der Waals surface area contributed by atoms with Crippen LogP contribution in [0.5, 0.6) is 5.75 Å². The van der Waals surface area contributed by atoms with Crippen molar-refractivity contribution in [2.24, 2.45) is 0 Å². The van der Waals surface area contributed by atoms with Crippen molar-refractivity contribution in [2.45, 2.75) is 4.90 Å². The van der Waals surface area contributed by atoms with E-state index in [0.29, 0.717) is 5.75 Å². The molecule has 136 valence electrons. The first kappa shape index (κ1) is 18.4. The van der Waals surface area contributed by atoms with Crippen molar-refractivity contribution in [3.05, 3.63) is 58.6 Å². The molecule has 0 saturated carbocycles. The number of fused-ring (bicyclic) bond motifs is 1. The summed E-state index contributed by atoms with van der Waals surface area (Å²) in [5.41, 5.74) is 0.373. The Labute approximate surface area is 155 Å². The molecular formula is C17H15ClN2O5S. The normalized spacial score (nSPS) is 13.8. The lowest BCUT2D eigenvalue weighted by Crippen LogP contribution is -2.38. The molecule has 0 spiro atoms. The Balaban J connectivity index is 1.67. The first-order chi connectivity index (χ1) is 12.3. The molecule has 0 radical (unpaired) electrons. The van der Waals surface area contributed by atoms with Gasteiger partial charge in [-0.25, -0.2) is 13.1 Å². The predicted octanol–water partition coefficient (Wildman–Crippen LogP) is 1.92. The van der Waals surface area contributed by atoms with Crippen LogP contribution in [0, 0.1) is 0 Å². The molecule has 0 aliphatic carbocycles. The van der Waals surface area contributed by atoms with Gasteiger partial charge in [0, 0.05) is 13.1 Å². The Hall–Kier alpha value is -2.42. The highest BCUT2D eigenvalue weighted by atomic mass is 35.5. The van der Waals surface area contributed by atoms with Crippen LogP contribution in [-0.4, -0.2) is 45.3 Å². The van der Waals surface area contributed by atoms with Gasteiger partial charge in [0.15, 0.2) is 0 Å². The number of ether oxygens (including phenoxy) is 1. The molecule has 2 amide bonds. The summed E-state index contributed by atoms with van der Waals surface area (Å²) in [5, 5.41) is 0.196. The zero-order valence-corrected chi connectivity index (χ0v) is 15.3. The summed E-state index contributed by atoms with van der Waals surface area (Å²) in [6.45, 7) is -0.213. The van der Waals surface area contributed by atoms with Crippen molar-refractivity contribution >= 4 is 33.4 Å². The van der Waals surface area contributed by atoms with Gasteiger partial charge in [0.05, 0.1) is 28.2 Å². The molecule has 3 rings (SSSR count). The second-order valence-corrected chi connectivity index (χ2v) is 7.67. The van der Waals surface area contributed by atoms with Crippen molar-refractivity contribution in [2.75, 3.05) is 20.2 Å². The number of hydrogen-bond donors (Lipinski definition) is 1. The van der Waals surface area contributed by atoms with Crippen LogP contribution in [0.4, 0.5) is 0 Å². The second kappa shape index (κ2) is 7.06. The fourth-order valence-electron chi connectivity index (χ4n) is 2.63. The van der Waals surface area contributed by atoms with Gasteiger partial charge in [-0.1, -0.05) is 17.7 Å². The number of rotatable bonds is 6. The zero-order valence-electron chi connectivity index (χ0n) is 13.7. The molecule has 1 aliphatic heterocycles. The molecule has 0 unspecified atom stereocenters. The zero-order chi connectivity index (χ0) is 18.9. The Morgan fingerprint density at radius 3 is 2.38 bits per heavy atom. The van der Waals surface area contributed by atoms with Crippen LogP contribution < -0.4 is 9.46 Å². The van der Waals surface area contributed by atoms with E-state index in [9.17, 15) is 18.0 Å². The maximum atomic E-state index is 12.4. The fourth-order valence-corrected chi connectivity index (χ4v) is 3.90. The van der Waals surface area contributed by atoms with E-state index in [4.69, 9.17) is 16.3 Å². The highest BCUT2D eigenvalue weighted by Gasteiger charge is 2.36. The third-order valence-corrected chi connectivity index (χ3v) is 5.74. The molecular weight excluding hydrogens is 380 g/mol. The van der Waals surface area contributed by atoms with E-state index in [1.54, 1.807) is 6.07 Å². The predicted molar refractivity (Wildman–Crippen MR) is 95.0 cm³/mol. The van der Waals surface area contributed by atoms with Gasteiger partial charge in [0.1, 0.15) is 5.75 Å².